The van der Waals surface area contributed by atoms with Crippen LogP contribution in [0.2, 0.25) is 0 Å². The Morgan fingerprint density at radius 2 is 1.89 bits per heavy atom. The van der Waals surface area contributed by atoms with Gasteiger partial charge in [0.2, 0.25) is 0 Å². The molecule has 0 aromatic heterocycles. The van der Waals surface area contributed by atoms with Crippen LogP contribution in [-0.4, -0.2) is 49.7 Å². The Balaban J connectivity index is 4.37. The van der Waals surface area contributed by atoms with Crippen molar-refractivity contribution < 1.29 is 9.53 Å². The minimum Gasteiger partial charge on any atom is -0.465 e. The second-order valence-electron chi connectivity index (χ2n) is 4.73. The Hall–Kier alpha value is -0.610. The van der Waals surface area contributed by atoms with Crippen molar-refractivity contribution >= 4 is 5.97 Å². The Morgan fingerprint density at radius 3 is 2.33 bits per heavy atom. The number of likely N-dealkylation sites (N-methyl/N-ethyl adjacent to an activating group) is 2. The molecule has 0 amide bonds. The molecule has 0 rings (SSSR count). The van der Waals surface area contributed by atoms with Gasteiger partial charge in [-0.3, -0.25) is 4.79 Å². The van der Waals surface area contributed by atoms with Gasteiger partial charge in [0.1, 0.15) is 6.04 Å². The number of nitrogens with zero attached hydrogens (tertiary/aromatic N) is 1. The Kier molecular flexibility index (Phi) is 9.98. The van der Waals surface area contributed by atoms with Gasteiger partial charge in [0.25, 0.3) is 0 Å². The molecule has 0 aromatic rings. The summed E-state index contributed by atoms with van der Waals surface area (Å²) < 4.78 is 5.11. The van der Waals surface area contributed by atoms with Crippen LogP contribution in [0.25, 0.3) is 0 Å². The number of rotatable bonds is 10. The van der Waals surface area contributed by atoms with Gasteiger partial charge in [-0.2, -0.15) is 0 Å². The molecule has 108 valence electrons. The third kappa shape index (κ3) is 6.97. The van der Waals surface area contributed by atoms with Crippen LogP contribution in [0.1, 0.15) is 41.0 Å². The highest BCUT2D eigenvalue weighted by atomic mass is 16.5. The number of hydrogen-bond donors (Lipinski definition) is 1. The van der Waals surface area contributed by atoms with Gasteiger partial charge in [0, 0.05) is 13.1 Å². The average molecular weight is 258 g/mol. The summed E-state index contributed by atoms with van der Waals surface area (Å²) in [6.45, 7) is 14.4. The molecule has 4 nitrogen and oxygen atoms in total. The smallest absolute Gasteiger partial charge is 0.324 e. The summed E-state index contributed by atoms with van der Waals surface area (Å²) in [5.41, 5.74) is 0. The summed E-state index contributed by atoms with van der Waals surface area (Å²) in [4.78, 5) is 14.1. The number of carbonyl (C=O) groups excluding carboxylic acids is 1. The first kappa shape index (κ1) is 17.4. The molecule has 0 radical (unpaired) electrons. The summed E-state index contributed by atoms with van der Waals surface area (Å²) in [7, 11) is 0. The van der Waals surface area contributed by atoms with E-state index in [0.29, 0.717) is 12.5 Å². The zero-order valence-electron chi connectivity index (χ0n) is 12.7. The van der Waals surface area contributed by atoms with Crippen molar-refractivity contribution in [3.63, 3.8) is 0 Å². The summed E-state index contributed by atoms with van der Waals surface area (Å²) in [6.07, 6.45) is 1.17. The van der Waals surface area contributed by atoms with Crippen LogP contribution in [0.3, 0.4) is 0 Å². The fraction of sp³-hybridized carbons (Fsp3) is 0.929. The number of hydrogen-bond acceptors (Lipinski definition) is 4. The van der Waals surface area contributed by atoms with Gasteiger partial charge in [-0.1, -0.05) is 34.1 Å². The molecular formula is C14H30N2O2. The number of esters is 1. The second kappa shape index (κ2) is 10.3. The number of carbonyl (C=O) groups is 1. The van der Waals surface area contributed by atoms with Crippen LogP contribution >= 0.6 is 0 Å². The molecule has 0 heterocycles. The fourth-order valence-electron chi connectivity index (χ4n) is 1.87. The third-order valence-electron chi connectivity index (χ3n) is 3.18. The van der Waals surface area contributed by atoms with E-state index >= 15 is 0 Å². The Bertz CT molecular complexity index is 222. The fourth-order valence-corrected chi connectivity index (χ4v) is 1.87. The maximum absolute atomic E-state index is 11.8. The van der Waals surface area contributed by atoms with E-state index in [-0.39, 0.29) is 12.0 Å². The third-order valence-corrected chi connectivity index (χ3v) is 3.18. The normalized spacial score (nSPS) is 14.6. The summed E-state index contributed by atoms with van der Waals surface area (Å²) in [5, 5.41) is 3.21. The van der Waals surface area contributed by atoms with E-state index in [0.717, 1.165) is 26.2 Å². The molecule has 0 bridgehead atoms. The highest BCUT2D eigenvalue weighted by Gasteiger charge is 2.21. The molecule has 2 atom stereocenters. The van der Waals surface area contributed by atoms with Crippen LogP contribution in [0, 0.1) is 5.92 Å². The molecule has 0 aliphatic carbocycles. The first-order valence-electron chi connectivity index (χ1n) is 7.21. The maximum Gasteiger partial charge on any atom is 0.324 e. The van der Waals surface area contributed by atoms with Gasteiger partial charge in [0.05, 0.1) is 6.61 Å². The lowest BCUT2D eigenvalue weighted by Gasteiger charge is -2.27. The highest BCUT2D eigenvalue weighted by molar-refractivity contribution is 5.76. The van der Waals surface area contributed by atoms with Crippen molar-refractivity contribution in [3.8, 4) is 0 Å². The summed E-state index contributed by atoms with van der Waals surface area (Å²) in [5.74, 6) is 0.524. The molecule has 0 spiro atoms. The van der Waals surface area contributed by atoms with Gasteiger partial charge in [-0.05, 0) is 25.9 Å². The quantitative estimate of drug-likeness (QED) is 0.608. The molecule has 4 heteroatoms. The molecule has 0 saturated heterocycles. The van der Waals surface area contributed by atoms with E-state index in [4.69, 9.17) is 4.74 Å². The minimum atomic E-state index is -0.209. The predicted molar refractivity (Wildman–Crippen MR) is 75.7 cm³/mol. The molecule has 0 aliphatic heterocycles. The van der Waals surface area contributed by atoms with Gasteiger partial charge < -0.3 is 15.0 Å². The Labute approximate surface area is 112 Å². The van der Waals surface area contributed by atoms with Crippen LogP contribution in [0.15, 0.2) is 0 Å². The van der Waals surface area contributed by atoms with Gasteiger partial charge in [-0.15, -0.1) is 0 Å². The van der Waals surface area contributed by atoms with Gasteiger partial charge >= 0.3 is 5.97 Å². The molecule has 2 unspecified atom stereocenters. The standard InChI is InChI=1S/C14H30N2O2/c1-6-12(5)10-16(8-3)11-13(15-7-2)14(17)18-9-4/h12-13,15H,6-11H2,1-5H3. The first-order chi connectivity index (χ1) is 8.58. The Morgan fingerprint density at radius 1 is 1.22 bits per heavy atom. The van der Waals surface area contributed by atoms with E-state index < -0.39 is 0 Å². The van der Waals surface area contributed by atoms with Crippen molar-refractivity contribution in [2.45, 2.75) is 47.1 Å². The van der Waals surface area contributed by atoms with Crippen molar-refractivity contribution in [2.24, 2.45) is 5.92 Å². The second-order valence-corrected chi connectivity index (χ2v) is 4.73. The largest absolute Gasteiger partial charge is 0.465 e. The van der Waals surface area contributed by atoms with Gasteiger partial charge in [-0.25, -0.2) is 0 Å². The maximum atomic E-state index is 11.8. The van der Waals surface area contributed by atoms with Crippen LogP contribution in [-0.2, 0) is 9.53 Å². The van der Waals surface area contributed by atoms with E-state index in [1.807, 2.05) is 13.8 Å². The molecule has 18 heavy (non-hydrogen) atoms. The monoisotopic (exact) mass is 258 g/mol. The summed E-state index contributed by atoms with van der Waals surface area (Å²) >= 11 is 0. The van der Waals surface area contributed by atoms with Crippen molar-refractivity contribution in [3.05, 3.63) is 0 Å². The van der Waals surface area contributed by atoms with E-state index in [9.17, 15) is 4.79 Å². The SMILES string of the molecule is CCNC(CN(CC)CC(C)CC)C(=O)OCC. The number of nitrogens with one attached hydrogen (secondary N) is 1. The van der Waals surface area contributed by atoms with E-state index in [1.54, 1.807) is 0 Å². The molecule has 1 N–H and O–H groups in total. The molecular weight excluding hydrogens is 228 g/mol. The highest BCUT2D eigenvalue weighted by Crippen LogP contribution is 2.05. The van der Waals surface area contributed by atoms with E-state index in [1.165, 1.54) is 6.42 Å². The topological polar surface area (TPSA) is 41.6 Å². The molecule has 0 aromatic carbocycles. The molecule has 0 saturated carbocycles. The average Bonchev–Trinajstić information content (AvgIpc) is 2.37. The zero-order chi connectivity index (χ0) is 14.0. The van der Waals surface area contributed by atoms with Gasteiger partial charge in [0.15, 0.2) is 0 Å². The zero-order valence-corrected chi connectivity index (χ0v) is 12.7. The van der Waals surface area contributed by atoms with Crippen LogP contribution < -0.4 is 5.32 Å². The number of ether oxygens (including phenoxy) is 1. The summed E-state index contributed by atoms with van der Waals surface area (Å²) in [6, 6.07) is -0.209. The van der Waals surface area contributed by atoms with Crippen molar-refractivity contribution in [1.29, 1.82) is 0 Å². The minimum absolute atomic E-state index is 0.137. The lowest BCUT2D eigenvalue weighted by molar-refractivity contribution is -0.146. The first-order valence-corrected chi connectivity index (χ1v) is 7.21. The van der Waals surface area contributed by atoms with Crippen LogP contribution in [0.5, 0.6) is 0 Å². The van der Waals surface area contributed by atoms with Crippen LogP contribution in [0.4, 0.5) is 0 Å². The van der Waals surface area contributed by atoms with Crippen molar-refractivity contribution in [1.82, 2.24) is 10.2 Å². The lowest BCUT2D eigenvalue weighted by Crippen LogP contribution is -2.47. The molecule has 0 aliphatic rings. The van der Waals surface area contributed by atoms with E-state index in [2.05, 4.69) is 31.0 Å². The lowest BCUT2D eigenvalue weighted by atomic mass is 10.1. The van der Waals surface area contributed by atoms with Crippen molar-refractivity contribution in [2.75, 3.05) is 32.8 Å². The molecule has 0 fully saturated rings. The predicted octanol–water partition coefficient (Wildman–Crippen LogP) is 1.90.